The number of fused-ring (bicyclic) bond motifs is 4. The molecule has 179 valence electrons. The van der Waals surface area contributed by atoms with Crippen molar-refractivity contribution in [3.63, 3.8) is 0 Å². The van der Waals surface area contributed by atoms with Gasteiger partial charge in [-0.15, -0.1) is 34.9 Å². The third kappa shape index (κ3) is 5.32. The van der Waals surface area contributed by atoms with Crippen molar-refractivity contribution in [3.05, 3.63) is 100 Å². The van der Waals surface area contributed by atoms with Crippen molar-refractivity contribution >= 4 is 22.3 Å². The minimum atomic E-state index is -0.125. The molecule has 1 aromatic heterocycles. The van der Waals surface area contributed by atoms with Crippen molar-refractivity contribution in [2.75, 3.05) is 0 Å². The van der Waals surface area contributed by atoms with Gasteiger partial charge in [0, 0.05) is 43.5 Å². The average Bonchev–Trinajstić information content (AvgIpc) is 3.03. The van der Waals surface area contributed by atoms with E-state index in [0.717, 1.165) is 55.4 Å². The maximum absolute atomic E-state index is 13.0. The first kappa shape index (κ1) is 26.2. The average molecular weight is 641 g/mol. The van der Waals surface area contributed by atoms with Gasteiger partial charge in [-0.1, -0.05) is 38.1 Å². The Balaban J connectivity index is 0.000000378. The topological polar surface area (TPSA) is 67.3 Å². The Labute approximate surface area is 219 Å². The van der Waals surface area contributed by atoms with Crippen LogP contribution in [-0.4, -0.2) is 21.7 Å². The summed E-state index contributed by atoms with van der Waals surface area (Å²) in [5.41, 5.74) is 8.87. The zero-order chi connectivity index (χ0) is 24.6. The molecule has 3 aromatic carbocycles. The van der Waals surface area contributed by atoms with Gasteiger partial charge in [0.1, 0.15) is 0 Å². The molecular weight excluding hydrogens is 615 g/mol. The van der Waals surface area contributed by atoms with E-state index in [1.807, 2.05) is 43.5 Å². The number of rotatable bonds is 2. The second-order valence-electron chi connectivity index (χ2n) is 8.76. The Kier molecular flexibility index (Phi) is 7.84. The van der Waals surface area contributed by atoms with Crippen LogP contribution < -0.4 is 0 Å². The molecule has 0 saturated heterocycles. The first-order valence-corrected chi connectivity index (χ1v) is 11.1. The monoisotopic (exact) mass is 641 g/mol. The van der Waals surface area contributed by atoms with Gasteiger partial charge in [0.2, 0.25) is 0 Å². The Morgan fingerprint density at radius 2 is 1.71 bits per heavy atom. The fourth-order valence-corrected chi connectivity index (χ4v) is 4.49. The van der Waals surface area contributed by atoms with E-state index in [2.05, 4.69) is 43.1 Å². The predicted octanol–water partition coefficient (Wildman–Crippen LogP) is 6.87. The van der Waals surface area contributed by atoms with Crippen LogP contribution in [0.15, 0.2) is 66.6 Å². The summed E-state index contributed by atoms with van der Waals surface area (Å²) in [4.78, 5) is 27.7. The molecule has 0 atom stereocenters. The molecule has 0 amide bonds. The van der Waals surface area contributed by atoms with E-state index >= 15 is 0 Å². The smallest absolute Gasteiger partial charge is 0.194 e. The number of aryl methyl sites for hydroxylation is 3. The number of allylic oxidation sites excluding steroid dienone is 2. The number of pyridine rings is 1. The number of benzene rings is 3. The van der Waals surface area contributed by atoms with E-state index in [9.17, 15) is 9.59 Å². The number of aromatic nitrogens is 1. The summed E-state index contributed by atoms with van der Waals surface area (Å²) in [7, 11) is 0. The molecule has 0 unspecified atom stereocenters. The quantitative estimate of drug-likeness (QED) is 0.130. The maximum atomic E-state index is 13.0. The number of nitrogens with zero attached hydrogens (tertiary/aromatic N) is 1. The summed E-state index contributed by atoms with van der Waals surface area (Å²) in [5, 5.41) is 10.5. The molecule has 1 aliphatic carbocycles. The predicted molar refractivity (Wildman–Crippen MR) is 136 cm³/mol. The van der Waals surface area contributed by atoms with E-state index in [1.54, 1.807) is 0 Å². The molecule has 35 heavy (non-hydrogen) atoms. The molecule has 4 nitrogen and oxygen atoms in total. The van der Waals surface area contributed by atoms with Crippen molar-refractivity contribution in [1.82, 2.24) is 4.98 Å². The summed E-state index contributed by atoms with van der Waals surface area (Å²) in [6, 6.07) is 19.8. The zero-order valence-corrected chi connectivity index (χ0v) is 22.7. The fraction of sp³-hybridized carbons (Fsp3) is 0.167. The number of hydrogen-bond acceptors (Lipinski definition) is 4. The Bertz CT molecular complexity index is 1480. The first-order chi connectivity index (χ1) is 16.2. The van der Waals surface area contributed by atoms with Gasteiger partial charge in [0.05, 0.1) is 5.76 Å². The Morgan fingerprint density at radius 3 is 2.34 bits per heavy atom. The Hall–Kier alpha value is -3.40. The minimum Gasteiger partial charge on any atom is -0.512 e. The van der Waals surface area contributed by atoms with Crippen LogP contribution in [0.3, 0.4) is 0 Å². The van der Waals surface area contributed by atoms with Gasteiger partial charge in [-0.2, -0.15) is 0 Å². The minimum absolute atomic E-state index is 0. The van der Waals surface area contributed by atoms with Crippen LogP contribution >= 0.6 is 0 Å². The molecule has 1 N–H and O–H groups in total. The molecule has 4 aromatic rings. The normalized spacial score (nSPS) is 11.8. The second kappa shape index (κ2) is 10.5. The number of carbonyl (C=O) groups excluding carboxylic acids is 2. The number of carbonyl (C=O) groups is 2. The summed E-state index contributed by atoms with van der Waals surface area (Å²) in [5.74, 6) is 0.0591. The van der Waals surface area contributed by atoms with E-state index in [1.165, 1.54) is 25.5 Å². The maximum Gasteiger partial charge on any atom is 0.194 e. The van der Waals surface area contributed by atoms with Crippen molar-refractivity contribution in [3.8, 4) is 22.4 Å². The van der Waals surface area contributed by atoms with Crippen molar-refractivity contribution in [2.24, 2.45) is 0 Å². The van der Waals surface area contributed by atoms with Crippen LogP contribution in [0.2, 0.25) is 0 Å². The number of aliphatic hydroxyl groups excluding tert-OH is 1. The fourth-order valence-electron chi connectivity index (χ4n) is 4.49. The molecule has 1 heterocycles. The molecule has 0 spiro atoms. The van der Waals surface area contributed by atoms with Gasteiger partial charge in [0.25, 0.3) is 0 Å². The van der Waals surface area contributed by atoms with E-state index in [0.29, 0.717) is 0 Å². The van der Waals surface area contributed by atoms with Gasteiger partial charge in [-0.05, 0) is 66.1 Å². The van der Waals surface area contributed by atoms with Gasteiger partial charge >= 0.3 is 0 Å². The van der Waals surface area contributed by atoms with Gasteiger partial charge in [0.15, 0.2) is 11.6 Å². The van der Waals surface area contributed by atoms with Crippen molar-refractivity contribution in [1.29, 1.82) is 0 Å². The van der Waals surface area contributed by atoms with Gasteiger partial charge < -0.3 is 10.1 Å². The molecule has 5 heteroatoms. The van der Waals surface area contributed by atoms with Crippen LogP contribution in [0, 0.1) is 26.8 Å². The molecule has 0 bridgehead atoms. The number of ketones is 2. The standard InChI is InChI=1S/C25H18NO.C5H8O2.Ir/c1-14-9-15(2)11-18(10-14)24-20-13-21-19-6-4-5-16(3)23(19)25(27)22(21)12-17(20)7-8-26-24;1-4(6)3-5(2)7;/h4-10,12-13H,1-3H3;3,6H,1-2H3;/q-1;;/b;4-3-;. The molecule has 1 radical (unpaired) electrons. The van der Waals surface area contributed by atoms with Crippen molar-refractivity contribution in [2.45, 2.75) is 34.6 Å². The second-order valence-corrected chi connectivity index (χ2v) is 8.76. The number of aliphatic hydroxyl groups is 1. The molecule has 1 aliphatic rings. The van der Waals surface area contributed by atoms with Crippen LogP contribution in [-0.2, 0) is 24.9 Å². The number of hydrogen-bond donors (Lipinski definition) is 1. The molecule has 0 saturated carbocycles. The van der Waals surface area contributed by atoms with Crippen LogP contribution in [0.4, 0.5) is 0 Å². The van der Waals surface area contributed by atoms with E-state index in [4.69, 9.17) is 5.11 Å². The van der Waals surface area contributed by atoms with Gasteiger partial charge in [-0.3, -0.25) is 9.59 Å². The van der Waals surface area contributed by atoms with E-state index in [-0.39, 0.29) is 37.4 Å². The summed E-state index contributed by atoms with van der Waals surface area (Å²) in [6.45, 7) is 8.99. The molecule has 0 aliphatic heterocycles. The van der Waals surface area contributed by atoms with E-state index < -0.39 is 0 Å². The third-order valence-electron chi connectivity index (χ3n) is 5.75. The van der Waals surface area contributed by atoms with Crippen LogP contribution in [0.1, 0.15) is 46.5 Å². The first-order valence-electron chi connectivity index (χ1n) is 11.1. The van der Waals surface area contributed by atoms with Crippen molar-refractivity contribution < 1.29 is 34.8 Å². The van der Waals surface area contributed by atoms with Crippen LogP contribution in [0.5, 0.6) is 0 Å². The van der Waals surface area contributed by atoms with Crippen LogP contribution in [0.25, 0.3) is 33.2 Å². The summed E-state index contributed by atoms with van der Waals surface area (Å²) >= 11 is 0. The molecule has 5 rings (SSSR count). The van der Waals surface area contributed by atoms with Gasteiger partial charge in [-0.25, -0.2) is 0 Å². The SMILES string of the molecule is CC(=O)/C=C(/C)O.Cc1[c-]c(-c2nccc3cc4c(cc23)-c2cccc(C)c2C4=O)cc(C)c1.[Ir]. The Morgan fingerprint density at radius 1 is 0.971 bits per heavy atom. The summed E-state index contributed by atoms with van der Waals surface area (Å²) < 4.78 is 0. The molecule has 0 fully saturated rings. The summed E-state index contributed by atoms with van der Waals surface area (Å²) in [6.07, 6.45) is 2.98. The largest absolute Gasteiger partial charge is 0.512 e. The third-order valence-corrected chi connectivity index (χ3v) is 5.75. The zero-order valence-electron chi connectivity index (χ0n) is 20.3. The molecular formula is C30H26IrNO3-.